The van der Waals surface area contributed by atoms with Crippen LogP contribution >= 0.6 is 11.6 Å². The molecular formula is C19H19ClN4O2. The van der Waals surface area contributed by atoms with Crippen molar-refractivity contribution in [2.24, 2.45) is 7.05 Å². The number of benzene rings is 2. The maximum Gasteiger partial charge on any atom is 0.320 e. The first kappa shape index (κ1) is 17.8. The molecule has 1 heterocycles. The zero-order chi connectivity index (χ0) is 18.5. The summed E-state index contributed by atoms with van der Waals surface area (Å²) in [6, 6.07) is 13.7. The van der Waals surface area contributed by atoms with E-state index < -0.39 is 6.04 Å². The summed E-state index contributed by atoms with van der Waals surface area (Å²) in [6.07, 6.45) is 3.53. The molecule has 0 fully saturated rings. The highest BCUT2D eigenvalue weighted by atomic mass is 35.5. The van der Waals surface area contributed by atoms with Gasteiger partial charge in [-0.2, -0.15) is 0 Å². The van der Waals surface area contributed by atoms with E-state index in [2.05, 4.69) is 15.6 Å². The molecule has 0 aliphatic carbocycles. The lowest BCUT2D eigenvalue weighted by molar-refractivity contribution is 0.249. The average molecular weight is 371 g/mol. The molecule has 3 rings (SSSR count). The first-order chi connectivity index (χ1) is 12.6. The van der Waals surface area contributed by atoms with Crippen LogP contribution < -0.4 is 15.4 Å². The van der Waals surface area contributed by atoms with Gasteiger partial charge in [0.2, 0.25) is 0 Å². The van der Waals surface area contributed by atoms with Gasteiger partial charge in [0, 0.05) is 30.2 Å². The highest BCUT2D eigenvalue weighted by Gasteiger charge is 2.21. The molecule has 0 saturated heterocycles. The Morgan fingerprint density at radius 3 is 2.62 bits per heavy atom. The van der Waals surface area contributed by atoms with Crippen LogP contribution in [0, 0.1) is 0 Å². The Bertz CT molecular complexity index is 893. The van der Waals surface area contributed by atoms with Gasteiger partial charge in [0.1, 0.15) is 17.6 Å². The van der Waals surface area contributed by atoms with E-state index in [1.165, 1.54) is 0 Å². The normalized spacial score (nSPS) is 11.7. The van der Waals surface area contributed by atoms with Crippen molar-refractivity contribution in [1.29, 1.82) is 0 Å². The molecule has 3 aromatic rings. The molecule has 1 aromatic heterocycles. The van der Waals surface area contributed by atoms with Crippen molar-refractivity contribution >= 4 is 23.3 Å². The summed E-state index contributed by atoms with van der Waals surface area (Å²) in [5.41, 5.74) is 1.50. The van der Waals surface area contributed by atoms with Gasteiger partial charge in [-0.1, -0.05) is 29.8 Å². The molecule has 0 saturated carbocycles. The van der Waals surface area contributed by atoms with Gasteiger partial charge in [-0.25, -0.2) is 9.78 Å². The Morgan fingerprint density at radius 2 is 2.00 bits per heavy atom. The summed E-state index contributed by atoms with van der Waals surface area (Å²) in [6.45, 7) is 0. The molecule has 134 valence electrons. The molecule has 0 radical (unpaired) electrons. The van der Waals surface area contributed by atoms with Crippen molar-refractivity contribution in [3.8, 4) is 5.75 Å². The molecule has 6 nitrogen and oxygen atoms in total. The first-order valence-electron chi connectivity index (χ1n) is 8.01. The van der Waals surface area contributed by atoms with Crippen LogP contribution in [-0.4, -0.2) is 22.7 Å². The van der Waals surface area contributed by atoms with Crippen LogP contribution in [0.15, 0.2) is 60.9 Å². The number of urea groups is 1. The van der Waals surface area contributed by atoms with Crippen molar-refractivity contribution in [2.45, 2.75) is 6.04 Å². The Balaban J connectivity index is 1.83. The number of carbonyl (C=O) groups excluding carboxylic acids is 1. The van der Waals surface area contributed by atoms with Crippen LogP contribution in [0.3, 0.4) is 0 Å². The number of amides is 2. The van der Waals surface area contributed by atoms with Gasteiger partial charge < -0.3 is 19.9 Å². The largest absolute Gasteiger partial charge is 0.497 e. The van der Waals surface area contributed by atoms with Gasteiger partial charge >= 0.3 is 6.03 Å². The number of carbonyl (C=O) groups is 1. The van der Waals surface area contributed by atoms with Gasteiger partial charge in [0.15, 0.2) is 0 Å². The maximum absolute atomic E-state index is 12.5. The van der Waals surface area contributed by atoms with E-state index in [4.69, 9.17) is 16.3 Å². The minimum absolute atomic E-state index is 0.351. The average Bonchev–Trinajstić information content (AvgIpc) is 3.05. The van der Waals surface area contributed by atoms with E-state index in [1.807, 2.05) is 42.1 Å². The second-order valence-electron chi connectivity index (χ2n) is 5.71. The summed E-state index contributed by atoms with van der Waals surface area (Å²) < 4.78 is 7.07. The number of methoxy groups -OCH3 is 1. The van der Waals surface area contributed by atoms with E-state index >= 15 is 0 Å². The number of aromatic nitrogens is 2. The lowest BCUT2D eigenvalue weighted by Gasteiger charge is -2.20. The molecule has 0 unspecified atom stereocenters. The van der Waals surface area contributed by atoms with E-state index in [1.54, 1.807) is 37.6 Å². The number of anilines is 1. The fourth-order valence-corrected chi connectivity index (χ4v) is 2.80. The predicted octanol–water partition coefficient (Wildman–Crippen LogP) is 3.99. The van der Waals surface area contributed by atoms with E-state index in [0.29, 0.717) is 10.7 Å². The molecule has 2 aromatic carbocycles. The van der Waals surface area contributed by atoms with Crippen molar-refractivity contribution in [1.82, 2.24) is 14.9 Å². The standard InChI is InChI=1S/C19H19ClN4O2/c1-24-11-10-21-18(24)17(13-6-8-16(26-2)9-7-13)23-19(25)22-15-5-3-4-14(20)12-15/h3-12,17H,1-2H3,(H2,22,23,25)/t17-/m0/s1. The van der Waals surface area contributed by atoms with Crippen molar-refractivity contribution in [2.75, 3.05) is 12.4 Å². The van der Waals surface area contributed by atoms with Crippen molar-refractivity contribution < 1.29 is 9.53 Å². The van der Waals surface area contributed by atoms with Gasteiger partial charge in [-0.3, -0.25) is 0 Å². The summed E-state index contributed by atoms with van der Waals surface area (Å²) >= 11 is 5.96. The Kier molecular flexibility index (Phi) is 5.43. The minimum Gasteiger partial charge on any atom is -0.497 e. The molecular weight excluding hydrogens is 352 g/mol. The molecule has 0 bridgehead atoms. The smallest absolute Gasteiger partial charge is 0.320 e. The van der Waals surface area contributed by atoms with E-state index in [-0.39, 0.29) is 6.03 Å². The van der Waals surface area contributed by atoms with Crippen LogP contribution in [0.5, 0.6) is 5.75 Å². The van der Waals surface area contributed by atoms with Crippen LogP contribution in [0.2, 0.25) is 5.02 Å². The Labute approximate surface area is 156 Å². The summed E-state index contributed by atoms with van der Waals surface area (Å²) in [4.78, 5) is 16.9. The topological polar surface area (TPSA) is 68.2 Å². The van der Waals surface area contributed by atoms with Gasteiger partial charge in [0.05, 0.1) is 7.11 Å². The van der Waals surface area contributed by atoms with Gasteiger partial charge in [0.25, 0.3) is 0 Å². The number of ether oxygens (including phenoxy) is 1. The SMILES string of the molecule is COc1ccc([C@H](NC(=O)Nc2cccc(Cl)c2)c2nccn2C)cc1. The van der Waals surface area contributed by atoms with Crippen LogP contribution in [0.1, 0.15) is 17.4 Å². The molecule has 0 spiro atoms. The number of aryl methyl sites for hydroxylation is 1. The van der Waals surface area contributed by atoms with Gasteiger partial charge in [-0.15, -0.1) is 0 Å². The third kappa shape index (κ3) is 4.15. The monoisotopic (exact) mass is 370 g/mol. The molecule has 26 heavy (non-hydrogen) atoms. The van der Waals surface area contributed by atoms with Gasteiger partial charge in [-0.05, 0) is 35.9 Å². The van der Waals surface area contributed by atoms with Crippen LogP contribution in [0.25, 0.3) is 0 Å². The Morgan fingerprint density at radius 1 is 1.23 bits per heavy atom. The van der Waals surface area contributed by atoms with Crippen molar-refractivity contribution in [3.05, 3.63) is 77.3 Å². The summed E-state index contributed by atoms with van der Waals surface area (Å²) in [5, 5.41) is 6.31. The highest BCUT2D eigenvalue weighted by molar-refractivity contribution is 6.30. The van der Waals surface area contributed by atoms with Crippen LogP contribution in [0.4, 0.5) is 10.5 Å². The second-order valence-corrected chi connectivity index (χ2v) is 6.15. The number of hydrogen-bond acceptors (Lipinski definition) is 3. The van der Waals surface area contributed by atoms with Crippen LogP contribution in [-0.2, 0) is 7.05 Å². The minimum atomic E-state index is -0.417. The Hall–Kier alpha value is -2.99. The summed E-state index contributed by atoms with van der Waals surface area (Å²) in [5.74, 6) is 1.46. The maximum atomic E-state index is 12.5. The fourth-order valence-electron chi connectivity index (χ4n) is 2.61. The number of hydrogen-bond donors (Lipinski definition) is 2. The predicted molar refractivity (Wildman–Crippen MR) is 102 cm³/mol. The number of nitrogens with one attached hydrogen (secondary N) is 2. The van der Waals surface area contributed by atoms with Crippen molar-refractivity contribution in [3.63, 3.8) is 0 Å². The molecule has 7 heteroatoms. The number of halogens is 1. The molecule has 0 aliphatic rings. The number of imidazole rings is 1. The molecule has 1 atom stereocenters. The quantitative estimate of drug-likeness (QED) is 0.713. The number of rotatable bonds is 5. The first-order valence-corrected chi connectivity index (χ1v) is 8.39. The molecule has 0 aliphatic heterocycles. The fraction of sp³-hybridized carbons (Fsp3) is 0.158. The third-order valence-electron chi connectivity index (χ3n) is 3.92. The van der Waals surface area contributed by atoms with E-state index in [9.17, 15) is 4.79 Å². The second kappa shape index (κ2) is 7.93. The zero-order valence-corrected chi connectivity index (χ0v) is 15.2. The third-order valence-corrected chi connectivity index (χ3v) is 4.16. The molecule has 2 amide bonds. The summed E-state index contributed by atoms with van der Waals surface area (Å²) in [7, 11) is 3.50. The van der Waals surface area contributed by atoms with E-state index in [0.717, 1.165) is 17.1 Å². The lowest BCUT2D eigenvalue weighted by atomic mass is 10.1. The number of nitrogens with zero attached hydrogens (tertiary/aromatic N) is 2. The highest BCUT2D eigenvalue weighted by Crippen LogP contribution is 2.23. The zero-order valence-electron chi connectivity index (χ0n) is 14.4. The lowest BCUT2D eigenvalue weighted by Crippen LogP contribution is -2.34. The molecule has 2 N–H and O–H groups in total.